The topological polar surface area (TPSA) is 120 Å². The van der Waals surface area contributed by atoms with E-state index in [-0.39, 0.29) is 12.3 Å². The van der Waals surface area contributed by atoms with Crippen LogP contribution in [0.4, 0.5) is 10.5 Å². The van der Waals surface area contributed by atoms with Gasteiger partial charge in [-0.1, -0.05) is 12.1 Å². The van der Waals surface area contributed by atoms with Gasteiger partial charge in [0.05, 0.1) is 0 Å². The molecule has 0 aliphatic rings. The number of nitrogens with one attached hydrogen (secondary N) is 3. The molecule has 1 rings (SSSR count). The van der Waals surface area contributed by atoms with Crippen molar-refractivity contribution in [3.8, 4) is 0 Å². The molecule has 0 spiro atoms. The van der Waals surface area contributed by atoms with Crippen molar-refractivity contribution in [3.63, 3.8) is 0 Å². The zero-order chi connectivity index (χ0) is 18.3. The van der Waals surface area contributed by atoms with E-state index in [0.717, 1.165) is 5.56 Å². The fourth-order valence-electron chi connectivity index (χ4n) is 1.87. The lowest BCUT2D eigenvalue weighted by Crippen LogP contribution is -2.48. The van der Waals surface area contributed by atoms with E-state index in [0.29, 0.717) is 5.69 Å². The van der Waals surface area contributed by atoms with Gasteiger partial charge < -0.3 is 24.6 Å². The lowest BCUT2D eigenvalue weighted by Gasteiger charge is -2.23. The van der Waals surface area contributed by atoms with Gasteiger partial charge in [-0.3, -0.25) is 9.00 Å². The minimum atomic E-state index is -2.40. The summed E-state index contributed by atoms with van der Waals surface area (Å²) in [5.41, 5.74) is 0.490. The van der Waals surface area contributed by atoms with Crippen LogP contribution in [0.5, 0.6) is 0 Å². The zero-order valence-electron chi connectivity index (χ0n) is 14.0. The van der Waals surface area contributed by atoms with Crippen molar-refractivity contribution in [2.75, 3.05) is 11.8 Å². The standard InChI is InChI=1S/C15H23N3O5S/c1-15(2,3)23-14(20)17-12(13(19)16-4)9-10-5-7-11(8-6-10)18-24(21)22/h5-8,12,18H,9H2,1-4H3,(H,16,19)(H,17,20)(H,21,22)/p-1. The largest absolute Gasteiger partial charge is 0.755 e. The molecule has 9 heteroatoms. The Kier molecular flexibility index (Phi) is 7.18. The highest BCUT2D eigenvalue weighted by Gasteiger charge is 2.23. The molecule has 0 bridgehead atoms. The molecule has 3 N–H and O–H groups in total. The summed E-state index contributed by atoms with van der Waals surface area (Å²) >= 11 is -2.40. The Hall–Kier alpha value is -2.13. The van der Waals surface area contributed by atoms with Crippen LogP contribution in [-0.2, 0) is 27.2 Å². The van der Waals surface area contributed by atoms with Crippen LogP contribution in [0.2, 0.25) is 0 Å². The number of hydrogen-bond acceptors (Lipinski definition) is 5. The first kappa shape index (κ1) is 19.9. The van der Waals surface area contributed by atoms with Gasteiger partial charge in [-0.2, -0.15) is 0 Å². The average molecular weight is 356 g/mol. The molecular formula is C15H22N3O5S-. The Labute approximate surface area is 143 Å². The third-order valence-corrected chi connectivity index (χ3v) is 3.25. The SMILES string of the molecule is CNC(=O)C(Cc1ccc(NS(=O)[O-])cc1)NC(=O)OC(C)(C)C. The highest BCUT2D eigenvalue weighted by molar-refractivity contribution is 7.80. The number of ether oxygens (including phenoxy) is 1. The summed E-state index contributed by atoms with van der Waals surface area (Å²) in [5, 5.41) is 5.02. The van der Waals surface area contributed by atoms with Gasteiger partial charge in [0.1, 0.15) is 11.6 Å². The van der Waals surface area contributed by atoms with Gasteiger partial charge >= 0.3 is 6.09 Å². The Morgan fingerprint density at radius 3 is 2.29 bits per heavy atom. The number of amides is 2. The second-order valence-electron chi connectivity index (χ2n) is 6.05. The lowest BCUT2D eigenvalue weighted by atomic mass is 10.1. The molecule has 0 aliphatic carbocycles. The molecule has 0 saturated carbocycles. The van der Waals surface area contributed by atoms with Gasteiger partial charge in [0.15, 0.2) is 0 Å². The minimum Gasteiger partial charge on any atom is -0.755 e. The van der Waals surface area contributed by atoms with Crippen LogP contribution < -0.4 is 15.4 Å². The predicted molar refractivity (Wildman–Crippen MR) is 89.9 cm³/mol. The number of alkyl carbamates (subject to hydrolysis) is 1. The Morgan fingerprint density at radius 2 is 1.83 bits per heavy atom. The van der Waals surface area contributed by atoms with Gasteiger partial charge in [0.2, 0.25) is 5.91 Å². The van der Waals surface area contributed by atoms with Crippen molar-refractivity contribution in [3.05, 3.63) is 29.8 Å². The van der Waals surface area contributed by atoms with Crippen LogP contribution >= 0.6 is 0 Å². The van der Waals surface area contributed by atoms with E-state index in [1.807, 2.05) is 0 Å². The molecule has 1 aromatic carbocycles. The number of benzene rings is 1. The predicted octanol–water partition coefficient (Wildman–Crippen LogP) is 1.07. The lowest BCUT2D eigenvalue weighted by molar-refractivity contribution is -0.122. The van der Waals surface area contributed by atoms with Crippen molar-refractivity contribution >= 4 is 29.0 Å². The summed E-state index contributed by atoms with van der Waals surface area (Å²) in [5.74, 6) is -0.358. The number of carbonyl (C=O) groups excluding carboxylic acids is 2. The van der Waals surface area contributed by atoms with Crippen LogP contribution in [-0.4, -0.2) is 39.5 Å². The number of hydrogen-bond donors (Lipinski definition) is 3. The first-order valence-corrected chi connectivity index (χ1v) is 8.34. The smallest absolute Gasteiger partial charge is 0.408 e. The number of rotatable bonds is 6. The van der Waals surface area contributed by atoms with E-state index in [9.17, 15) is 18.4 Å². The maximum atomic E-state index is 12.0. The molecule has 134 valence electrons. The first-order valence-electron chi connectivity index (χ1n) is 7.26. The second-order valence-corrected chi connectivity index (χ2v) is 6.72. The molecule has 0 saturated heterocycles. The second kappa shape index (κ2) is 8.65. The molecular weight excluding hydrogens is 334 g/mol. The summed E-state index contributed by atoms with van der Waals surface area (Å²) in [6.45, 7) is 5.19. The normalized spacial score (nSPS) is 13.5. The summed E-state index contributed by atoms with van der Waals surface area (Å²) in [6.07, 6.45) is -0.448. The average Bonchev–Trinajstić information content (AvgIpc) is 2.45. The third-order valence-electron chi connectivity index (χ3n) is 2.85. The van der Waals surface area contributed by atoms with Crippen molar-refractivity contribution in [1.82, 2.24) is 10.6 Å². The molecule has 1 aromatic rings. The van der Waals surface area contributed by atoms with Crippen LogP contribution in [0, 0.1) is 0 Å². The van der Waals surface area contributed by atoms with E-state index in [1.165, 1.54) is 7.05 Å². The van der Waals surface area contributed by atoms with E-state index in [4.69, 9.17) is 4.74 Å². The van der Waals surface area contributed by atoms with E-state index < -0.39 is 29.0 Å². The minimum absolute atomic E-state index is 0.236. The van der Waals surface area contributed by atoms with Gasteiger partial charge in [0.25, 0.3) is 0 Å². The summed E-state index contributed by atoms with van der Waals surface area (Å²) in [6, 6.07) is 5.67. The number of carbonyl (C=O) groups is 2. The highest BCUT2D eigenvalue weighted by atomic mass is 32.2. The Balaban J connectivity index is 2.77. The maximum Gasteiger partial charge on any atom is 0.408 e. The fourth-order valence-corrected chi connectivity index (χ4v) is 2.20. The van der Waals surface area contributed by atoms with Crippen molar-refractivity contribution in [2.24, 2.45) is 0 Å². The van der Waals surface area contributed by atoms with Gasteiger partial charge in [-0.05, 0) is 38.5 Å². The molecule has 0 aliphatic heterocycles. The Morgan fingerprint density at radius 1 is 1.25 bits per heavy atom. The summed E-state index contributed by atoms with van der Waals surface area (Å²) in [7, 11) is 1.47. The molecule has 0 heterocycles. The van der Waals surface area contributed by atoms with E-state index >= 15 is 0 Å². The first-order chi connectivity index (χ1) is 11.1. The van der Waals surface area contributed by atoms with Crippen molar-refractivity contribution in [2.45, 2.75) is 38.8 Å². The molecule has 24 heavy (non-hydrogen) atoms. The third kappa shape index (κ3) is 7.42. The van der Waals surface area contributed by atoms with Crippen LogP contribution in [0.1, 0.15) is 26.3 Å². The Bertz CT molecular complexity index is 598. The van der Waals surface area contributed by atoms with Crippen molar-refractivity contribution in [1.29, 1.82) is 0 Å². The zero-order valence-corrected chi connectivity index (χ0v) is 14.9. The number of likely N-dealkylation sites (N-methyl/N-ethyl adjacent to an activating group) is 1. The van der Waals surface area contributed by atoms with E-state index in [2.05, 4.69) is 15.4 Å². The maximum absolute atomic E-state index is 12.0. The van der Waals surface area contributed by atoms with Gasteiger partial charge in [0, 0.05) is 30.4 Å². The van der Waals surface area contributed by atoms with Crippen LogP contribution in [0.25, 0.3) is 0 Å². The van der Waals surface area contributed by atoms with Gasteiger partial charge in [-0.15, -0.1) is 0 Å². The molecule has 0 aromatic heterocycles. The van der Waals surface area contributed by atoms with Crippen molar-refractivity contribution < 1.29 is 23.1 Å². The van der Waals surface area contributed by atoms with Gasteiger partial charge in [-0.25, -0.2) is 4.79 Å². The van der Waals surface area contributed by atoms with Crippen LogP contribution in [0.15, 0.2) is 24.3 Å². The monoisotopic (exact) mass is 356 g/mol. The molecule has 0 fully saturated rings. The molecule has 2 atom stereocenters. The molecule has 2 amide bonds. The van der Waals surface area contributed by atoms with Crippen LogP contribution in [0.3, 0.4) is 0 Å². The van der Waals surface area contributed by atoms with E-state index in [1.54, 1.807) is 45.0 Å². The highest BCUT2D eigenvalue weighted by Crippen LogP contribution is 2.12. The number of anilines is 1. The fraction of sp³-hybridized carbons (Fsp3) is 0.467. The molecule has 2 unspecified atom stereocenters. The summed E-state index contributed by atoms with van der Waals surface area (Å²) in [4.78, 5) is 23.8. The molecule has 0 radical (unpaired) electrons. The summed E-state index contributed by atoms with van der Waals surface area (Å²) < 4.78 is 28.5. The molecule has 8 nitrogen and oxygen atoms in total. The quantitative estimate of drug-likeness (QED) is 0.659.